The van der Waals surface area contributed by atoms with Gasteiger partial charge in [-0.05, 0) is 23.8 Å². The quantitative estimate of drug-likeness (QED) is 0.364. The highest BCUT2D eigenvalue weighted by molar-refractivity contribution is 5.96. The van der Waals surface area contributed by atoms with Gasteiger partial charge in [-0.3, -0.25) is 19.3 Å². The molecular weight excluding hydrogens is 497 g/mol. The summed E-state index contributed by atoms with van der Waals surface area (Å²) in [5.74, 6) is -0.185. The zero-order valence-corrected chi connectivity index (χ0v) is 21.1. The lowest BCUT2D eigenvalue weighted by atomic mass is 9.96. The van der Waals surface area contributed by atoms with Crippen LogP contribution in [-0.2, 0) is 6.61 Å². The molecule has 2 bridgehead atoms. The lowest BCUT2D eigenvalue weighted by Crippen LogP contribution is -2.55. The van der Waals surface area contributed by atoms with Gasteiger partial charge in [-0.15, -0.1) is 0 Å². The highest BCUT2D eigenvalue weighted by Crippen LogP contribution is 2.38. The molecule has 0 aliphatic carbocycles. The summed E-state index contributed by atoms with van der Waals surface area (Å²) in [5, 5.41) is 1.87. The molecule has 1 unspecified atom stereocenters. The number of para-hydroxylation sites is 1. The van der Waals surface area contributed by atoms with Gasteiger partial charge in [0, 0.05) is 29.9 Å². The van der Waals surface area contributed by atoms with Crippen molar-refractivity contribution in [1.82, 2.24) is 9.58 Å². The van der Waals surface area contributed by atoms with Crippen molar-refractivity contribution < 1.29 is 18.7 Å². The van der Waals surface area contributed by atoms with Gasteiger partial charge >= 0.3 is 0 Å². The molecule has 0 fully saturated rings. The maximum Gasteiger partial charge on any atom is 0.278 e. The molecule has 0 spiro atoms. The third kappa shape index (κ3) is 4.65. The summed E-state index contributed by atoms with van der Waals surface area (Å²) in [6.45, 7) is 0.831. The number of fused-ring (bicyclic) bond motifs is 5. The van der Waals surface area contributed by atoms with Gasteiger partial charge in [-0.1, -0.05) is 72.8 Å². The highest BCUT2D eigenvalue weighted by Gasteiger charge is 2.38. The van der Waals surface area contributed by atoms with E-state index in [0.717, 1.165) is 11.1 Å². The maximum atomic E-state index is 15.4. The molecule has 0 saturated carbocycles. The van der Waals surface area contributed by atoms with Crippen molar-refractivity contribution in [2.45, 2.75) is 12.6 Å². The fourth-order valence-electron chi connectivity index (χ4n) is 5.02. The van der Waals surface area contributed by atoms with E-state index in [1.165, 1.54) is 12.1 Å². The molecule has 3 heterocycles. The van der Waals surface area contributed by atoms with E-state index in [1.54, 1.807) is 34.0 Å². The lowest BCUT2D eigenvalue weighted by molar-refractivity contribution is 0.0698. The fourth-order valence-corrected chi connectivity index (χ4v) is 5.02. The Morgan fingerprint density at radius 2 is 1.62 bits per heavy atom. The Bertz CT molecular complexity index is 1600. The van der Waals surface area contributed by atoms with Crippen molar-refractivity contribution in [3.05, 3.63) is 142 Å². The minimum Gasteiger partial charge on any atom is -0.489 e. The van der Waals surface area contributed by atoms with Crippen LogP contribution in [0.2, 0.25) is 0 Å². The van der Waals surface area contributed by atoms with E-state index in [-0.39, 0.29) is 37.2 Å². The van der Waals surface area contributed by atoms with Crippen LogP contribution in [0, 0.1) is 5.82 Å². The van der Waals surface area contributed by atoms with Gasteiger partial charge in [-0.25, -0.2) is 4.39 Å². The second-order valence-electron chi connectivity index (χ2n) is 9.33. The number of amides is 1. The van der Waals surface area contributed by atoms with Crippen molar-refractivity contribution in [1.29, 1.82) is 0 Å². The predicted molar refractivity (Wildman–Crippen MR) is 145 cm³/mol. The molecule has 39 heavy (non-hydrogen) atoms. The van der Waals surface area contributed by atoms with E-state index < -0.39 is 17.3 Å². The lowest BCUT2D eigenvalue weighted by Gasteiger charge is -2.44. The standard InChI is InChI=1S/C31H26FN3O4/c32-25-14-6-4-12-23(25)28-24-13-5-7-15-27(24)38-19-9-8-17-33-21-35(28)34-18-16-26(36)30(29(34)31(33)37)39-20-22-10-2-1-3-11-22/h1-16,18,28H,17,19-21H2/b9-8-. The molecule has 8 heteroatoms. The number of carbonyl (C=O) groups excluding carboxylic acids is 1. The molecule has 1 amide bonds. The van der Waals surface area contributed by atoms with E-state index in [9.17, 15) is 9.59 Å². The van der Waals surface area contributed by atoms with Gasteiger partial charge in [0.1, 0.15) is 37.5 Å². The number of aromatic nitrogens is 1. The number of rotatable bonds is 4. The summed E-state index contributed by atoms with van der Waals surface area (Å²) >= 11 is 0. The van der Waals surface area contributed by atoms with Crippen LogP contribution in [0.4, 0.5) is 4.39 Å². The molecule has 0 radical (unpaired) electrons. The number of halogens is 1. The number of nitrogens with zero attached hydrogens (tertiary/aromatic N) is 3. The molecule has 1 aromatic heterocycles. The predicted octanol–water partition coefficient (Wildman–Crippen LogP) is 4.66. The van der Waals surface area contributed by atoms with Crippen LogP contribution in [-0.4, -0.2) is 35.3 Å². The SMILES string of the molecule is O=C1c2c(OCc3ccccc3)c(=O)ccn2N2CN1C/C=C\COc1ccccc1C2c1ccccc1F. The Morgan fingerprint density at radius 3 is 2.44 bits per heavy atom. The molecule has 3 aromatic carbocycles. The van der Waals surface area contributed by atoms with Crippen LogP contribution in [0.3, 0.4) is 0 Å². The summed E-state index contributed by atoms with van der Waals surface area (Å²) in [5.41, 5.74) is 1.69. The molecular formula is C31H26FN3O4. The second kappa shape index (κ2) is 10.5. The van der Waals surface area contributed by atoms with Crippen LogP contribution in [0.1, 0.15) is 33.2 Å². The monoisotopic (exact) mass is 523 g/mol. The Morgan fingerprint density at radius 1 is 0.872 bits per heavy atom. The van der Waals surface area contributed by atoms with E-state index in [4.69, 9.17) is 9.47 Å². The zero-order valence-electron chi connectivity index (χ0n) is 21.1. The zero-order chi connectivity index (χ0) is 26.8. The molecule has 2 aliphatic rings. The van der Waals surface area contributed by atoms with Crippen LogP contribution >= 0.6 is 0 Å². The van der Waals surface area contributed by atoms with E-state index in [0.29, 0.717) is 17.9 Å². The van der Waals surface area contributed by atoms with E-state index >= 15 is 4.39 Å². The first kappa shape index (κ1) is 24.5. The summed E-state index contributed by atoms with van der Waals surface area (Å²) in [4.78, 5) is 28.5. The molecule has 196 valence electrons. The summed E-state index contributed by atoms with van der Waals surface area (Å²) in [7, 11) is 0. The maximum absolute atomic E-state index is 15.4. The highest BCUT2D eigenvalue weighted by atomic mass is 19.1. The summed E-state index contributed by atoms with van der Waals surface area (Å²) < 4.78 is 29.2. The first-order chi connectivity index (χ1) is 19.1. The Kier molecular flexibility index (Phi) is 6.59. The molecule has 0 saturated heterocycles. The second-order valence-corrected chi connectivity index (χ2v) is 9.33. The van der Waals surface area contributed by atoms with Gasteiger partial charge in [0.05, 0.1) is 0 Å². The number of benzene rings is 3. The van der Waals surface area contributed by atoms with Crippen LogP contribution < -0.4 is 19.9 Å². The van der Waals surface area contributed by atoms with E-state index in [1.807, 2.05) is 71.8 Å². The average Bonchev–Trinajstić information content (AvgIpc) is 2.99. The smallest absolute Gasteiger partial charge is 0.278 e. The largest absolute Gasteiger partial charge is 0.489 e. The third-order valence-corrected chi connectivity index (χ3v) is 6.88. The Labute approximate surface area is 224 Å². The third-order valence-electron chi connectivity index (χ3n) is 6.88. The van der Waals surface area contributed by atoms with Crippen molar-refractivity contribution in [3.8, 4) is 11.5 Å². The number of hydrogen-bond donors (Lipinski definition) is 0. The fraction of sp³-hybridized carbons (Fsp3) is 0.161. The molecule has 0 N–H and O–H groups in total. The molecule has 4 aromatic rings. The first-order valence-corrected chi connectivity index (χ1v) is 12.7. The Hall–Kier alpha value is -4.85. The van der Waals surface area contributed by atoms with E-state index in [2.05, 4.69) is 0 Å². The van der Waals surface area contributed by atoms with Crippen molar-refractivity contribution in [2.75, 3.05) is 24.8 Å². The van der Waals surface area contributed by atoms with Crippen LogP contribution in [0.15, 0.2) is 108 Å². The first-order valence-electron chi connectivity index (χ1n) is 12.7. The number of hydrogen-bond acceptors (Lipinski definition) is 5. The molecule has 1 atom stereocenters. The van der Waals surface area contributed by atoms with Gasteiger partial charge in [-0.2, -0.15) is 0 Å². The van der Waals surface area contributed by atoms with Crippen molar-refractivity contribution in [3.63, 3.8) is 0 Å². The van der Waals surface area contributed by atoms with Crippen LogP contribution in [0.5, 0.6) is 11.5 Å². The van der Waals surface area contributed by atoms with Crippen molar-refractivity contribution in [2.24, 2.45) is 0 Å². The molecule has 7 nitrogen and oxygen atoms in total. The number of pyridine rings is 1. The normalized spacial score (nSPS) is 17.4. The van der Waals surface area contributed by atoms with Gasteiger partial charge in [0.15, 0.2) is 11.4 Å². The summed E-state index contributed by atoms with van der Waals surface area (Å²) in [6, 6.07) is 24.2. The van der Waals surface area contributed by atoms with Gasteiger partial charge in [0.25, 0.3) is 5.91 Å². The minimum atomic E-state index is -0.681. The Balaban J connectivity index is 1.56. The molecule has 2 aliphatic heterocycles. The number of ether oxygens (including phenoxy) is 2. The van der Waals surface area contributed by atoms with Crippen LogP contribution in [0.25, 0.3) is 0 Å². The average molecular weight is 524 g/mol. The molecule has 6 rings (SSSR count). The topological polar surface area (TPSA) is 64.0 Å². The van der Waals surface area contributed by atoms with Gasteiger partial charge in [0.2, 0.25) is 5.43 Å². The minimum absolute atomic E-state index is 0.0447. The van der Waals surface area contributed by atoms with Gasteiger partial charge < -0.3 is 14.4 Å². The van der Waals surface area contributed by atoms with Crippen molar-refractivity contribution >= 4 is 5.91 Å². The number of carbonyl (C=O) groups is 1. The summed E-state index contributed by atoms with van der Waals surface area (Å²) in [6.07, 6.45) is 5.25.